The predicted octanol–water partition coefficient (Wildman–Crippen LogP) is 4.55. The molecule has 0 aliphatic carbocycles. The van der Waals surface area contributed by atoms with Crippen LogP contribution in [0.3, 0.4) is 0 Å². The molecule has 0 amide bonds. The van der Waals surface area contributed by atoms with E-state index in [1.54, 1.807) is 4.68 Å². The summed E-state index contributed by atoms with van der Waals surface area (Å²) in [6.07, 6.45) is 1.91. The summed E-state index contributed by atoms with van der Waals surface area (Å²) >= 11 is 0. The number of nitrogens with one attached hydrogen (secondary N) is 1. The molecule has 2 rings (SSSR count). The molecule has 0 aliphatic rings. The van der Waals surface area contributed by atoms with E-state index in [1.165, 1.54) is 0 Å². The van der Waals surface area contributed by atoms with E-state index in [0.29, 0.717) is 0 Å². The molecule has 4 nitrogen and oxygen atoms in total. The minimum Gasteiger partial charge on any atom is -0.544 e. The molecule has 0 saturated carbocycles. The maximum absolute atomic E-state index is 6.27. The van der Waals surface area contributed by atoms with Gasteiger partial charge in [0.25, 0.3) is 0 Å². The predicted molar refractivity (Wildman–Crippen MR) is 90.8 cm³/mol. The number of hydrogen-bond donors (Lipinski definition) is 1. The topological polar surface area (TPSA) is 39.1 Å². The van der Waals surface area contributed by atoms with Crippen LogP contribution in [-0.4, -0.2) is 18.1 Å². The highest BCUT2D eigenvalue weighted by atomic mass is 28.4. The van der Waals surface area contributed by atoms with Crippen molar-refractivity contribution in [2.45, 2.75) is 38.9 Å². The SMILES string of the molecule is Cn1ccc(Nc2ccc(O[Si](C)(C)C(C)(C)C)cc2)n1. The van der Waals surface area contributed by atoms with Crippen molar-refractivity contribution in [1.29, 1.82) is 0 Å². The van der Waals surface area contributed by atoms with Crippen molar-refractivity contribution in [1.82, 2.24) is 9.78 Å². The highest BCUT2D eigenvalue weighted by Gasteiger charge is 2.38. The van der Waals surface area contributed by atoms with E-state index in [2.05, 4.69) is 44.3 Å². The third kappa shape index (κ3) is 3.88. The minimum absolute atomic E-state index is 0.206. The number of aromatic nitrogens is 2. The van der Waals surface area contributed by atoms with E-state index in [9.17, 15) is 0 Å². The molecular formula is C16H25N3OSi. The molecule has 0 fully saturated rings. The van der Waals surface area contributed by atoms with Gasteiger partial charge in [-0.2, -0.15) is 5.10 Å². The van der Waals surface area contributed by atoms with Crippen molar-refractivity contribution in [2.24, 2.45) is 7.05 Å². The Bertz CT molecular complexity index is 597. The monoisotopic (exact) mass is 303 g/mol. The van der Waals surface area contributed by atoms with Crippen LogP contribution in [0.25, 0.3) is 0 Å². The zero-order valence-corrected chi connectivity index (χ0v) is 14.8. The van der Waals surface area contributed by atoms with Crippen molar-refractivity contribution in [3.63, 3.8) is 0 Å². The molecule has 2 aromatic rings. The number of rotatable bonds is 4. The highest BCUT2D eigenvalue weighted by molar-refractivity contribution is 6.74. The Hall–Kier alpha value is -1.75. The molecule has 5 heteroatoms. The molecule has 0 unspecified atom stereocenters. The number of benzene rings is 1. The third-order valence-electron chi connectivity index (χ3n) is 4.02. The first kappa shape index (κ1) is 15.6. The van der Waals surface area contributed by atoms with Crippen LogP contribution in [-0.2, 0) is 7.05 Å². The fraction of sp³-hybridized carbons (Fsp3) is 0.438. The lowest BCUT2D eigenvalue weighted by Gasteiger charge is -2.36. The van der Waals surface area contributed by atoms with Crippen LogP contribution >= 0.6 is 0 Å². The summed E-state index contributed by atoms with van der Waals surface area (Å²) in [4.78, 5) is 0. The summed E-state index contributed by atoms with van der Waals surface area (Å²) in [5, 5.41) is 7.78. The number of hydrogen-bond acceptors (Lipinski definition) is 3. The number of nitrogens with zero attached hydrogens (tertiary/aromatic N) is 2. The van der Waals surface area contributed by atoms with Crippen LogP contribution in [0.2, 0.25) is 18.1 Å². The second-order valence-corrected chi connectivity index (χ2v) is 11.6. The Labute approximate surface area is 128 Å². The van der Waals surface area contributed by atoms with E-state index in [-0.39, 0.29) is 5.04 Å². The van der Waals surface area contributed by atoms with Crippen molar-refractivity contribution in [2.75, 3.05) is 5.32 Å². The normalized spacial score (nSPS) is 12.3. The van der Waals surface area contributed by atoms with Crippen LogP contribution in [0.15, 0.2) is 36.5 Å². The first-order chi connectivity index (χ1) is 9.67. The first-order valence-corrected chi connectivity index (χ1v) is 10.1. The van der Waals surface area contributed by atoms with Crippen LogP contribution in [0, 0.1) is 0 Å². The molecule has 1 aromatic carbocycles. The van der Waals surface area contributed by atoms with Crippen molar-refractivity contribution in [3.05, 3.63) is 36.5 Å². The second kappa shape index (κ2) is 5.56. The Balaban J connectivity index is 2.05. The van der Waals surface area contributed by atoms with Crippen LogP contribution in [0.5, 0.6) is 5.75 Å². The third-order valence-corrected chi connectivity index (χ3v) is 8.38. The lowest BCUT2D eigenvalue weighted by atomic mass is 10.2. The lowest BCUT2D eigenvalue weighted by Crippen LogP contribution is -2.43. The van der Waals surface area contributed by atoms with Gasteiger partial charge in [0.1, 0.15) is 5.75 Å². The van der Waals surface area contributed by atoms with E-state index in [0.717, 1.165) is 17.3 Å². The average molecular weight is 303 g/mol. The summed E-state index contributed by atoms with van der Waals surface area (Å²) in [5.74, 6) is 1.78. The first-order valence-electron chi connectivity index (χ1n) is 7.23. The average Bonchev–Trinajstić information content (AvgIpc) is 2.75. The van der Waals surface area contributed by atoms with E-state index in [1.807, 2.05) is 43.6 Å². The highest BCUT2D eigenvalue weighted by Crippen LogP contribution is 2.37. The zero-order chi connectivity index (χ0) is 15.7. The van der Waals surface area contributed by atoms with E-state index in [4.69, 9.17) is 4.43 Å². The van der Waals surface area contributed by atoms with Gasteiger partial charge in [0.15, 0.2) is 5.82 Å². The van der Waals surface area contributed by atoms with Gasteiger partial charge in [0.2, 0.25) is 8.32 Å². The second-order valence-electron chi connectivity index (χ2n) is 6.89. The maximum Gasteiger partial charge on any atom is 0.250 e. The molecule has 1 heterocycles. The lowest BCUT2D eigenvalue weighted by molar-refractivity contribution is 0.492. The Morgan fingerprint density at radius 2 is 1.71 bits per heavy atom. The van der Waals surface area contributed by atoms with Gasteiger partial charge in [-0.15, -0.1) is 0 Å². The summed E-state index contributed by atoms with van der Waals surface area (Å²) in [5.41, 5.74) is 1.01. The zero-order valence-electron chi connectivity index (χ0n) is 13.8. The Kier molecular flexibility index (Phi) is 4.14. The summed E-state index contributed by atoms with van der Waals surface area (Å²) in [6.45, 7) is 11.3. The Morgan fingerprint density at radius 3 is 2.19 bits per heavy atom. The molecule has 1 N–H and O–H groups in total. The number of aryl methyl sites for hydroxylation is 1. The van der Waals surface area contributed by atoms with Gasteiger partial charge in [-0.25, -0.2) is 0 Å². The molecular weight excluding hydrogens is 278 g/mol. The molecule has 0 saturated heterocycles. The quantitative estimate of drug-likeness (QED) is 0.842. The van der Waals surface area contributed by atoms with Gasteiger partial charge < -0.3 is 9.74 Å². The molecule has 0 spiro atoms. The van der Waals surface area contributed by atoms with E-state index >= 15 is 0 Å². The van der Waals surface area contributed by atoms with Gasteiger partial charge >= 0.3 is 0 Å². The van der Waals surface area contributed by atoms with Crippen LogP contribution < -0.4 is 9.74 Å². The molecule has 0 aliphatic heterocycles. The molecule has 21 heavy (non-hydrogen) atoms. The Morgan fingerprint density at radius 1 is 1.10 bits per heavy atom. The van der Waals surface area contributed by atoms with Gasteiger partial charge in [0, 0.05) is 25.0 Å². The van der Waals surface area contributed by atoms with Gasteiger partial charge in [-0.3, -0.25) is 4.68 Å². The van der Waals surface area contributed by atoms with E-state index < -0.39 is 8.32 Å². The largest absolute Gasteiger partial charge is 0.544 e. The van der Waals surface area contributed by atoms with Crippen molar-refractivity contribution in [3.8, 4) is 5.75 Å². The molecule has 0 bridgehead atoms. The van der Waals surface area contributed by atoms with Crippen molar-refractivity contribution >= 4 is 19.8 Å². The molecule has 1 aromatic heterocycles. The molecule has 0 radical (unpaired) electrons. The van der Waals surface area contributed by atoms with Crippen molar-refractivity contribution < 1.29 is 4.43 Å². The van der Waals surface area contributed by atoms with Crippen LogP contribution in [0.4, 0.5) is 11.5 Å². The molecule has 0 atom stereocenters. The standard InChI is InChI=1S/C16H25N3OSi/c1-16(2,3)21(5,6)20-14-9-7-13(8-10-14)17-15-11-12-19(4)18-15/h7-12H,1-6H3,(H,17,18). The summed E-state index contributed by atoms with van der Waals surface area (Å²) in [6, 6.07) is 10.0. The summed E-state index contributed by atoms with van der Waals surface area (Å²) < 4.78 is 8.04. The minimum atomic E-state index is -1.77. The summed E-state index contributed by atoms with van der Waals surface area (Å²) in [7, 11) is 0.134. The smallest absolute Gasteiger partial charge is 0.250 e. The molecule has 114 valence electrons. The number of anilines is 2. The fourth-order valence-electron chi connectivity index (χ4n) is 1.68. The van der Waals surface area contributed by atoms with Gasteiger partial charge in [-0.05, 0) is 42.4 Å². The van der Waals surface area contributed by atoms with Crippen LogP contribution in [0.1, 0.15) is 20.8 Å². The fourth-order valence-corrected chi connectivity index (χ4v) is 2.72. The maximum atomic E-state index is 6.27. The van der Waals surface area contributed by atoms with Gasteiger partial charge in [0.05, 0.1) is 0 Å². The van der Waals surface area contributed by atoms with Gasteiger partial charge in [-0.1, -0.05) is 20.8 Å².